The number of aliphatic carboxylic acids is 2. The average Bonchev–Trinajstić information content (AvgIpc) is 0.752. The Morgan fingerprint density at radius 2 is 0.973 bits per heavy atom. The van der Waals surface area contributed by atoms with E-state index >= 15 is 0 Å². The smallest absolute Gasteiger partial charge is 0.364 e. The second kappa shape index (κ2) is 50.2. The van der Waals surface area contributed by atoms with Crippen molar-refractivity contribution < 1.29 is 158 Å². The van der Waals surface area contributed by atoms with Gasteiger partial charge in [-0.2, -0.15) is 0 Å². The van der Waals surface area contributed by atoms with Crippen LogP contribution >= 0.6 is 0 Å². The van der Waals surface area contributed by atoms with Gasteiger partial charge in [-0.15, -0.1) is 0 Å². The molecule has 0 aliphatic carbocycles. The van der Waals surface area contributed by atoms with Gasteiger partial charge in [-0.05, 0) is 19.3 Å². The summed E-state index contributed by atoms with van der Waals surface area (Å²) >= 11 is 0. The molecule has 29 atom stereocenters. The molecule has 36 heteroatoms. The number of carboxylic acid groups (broad SMARTS) is 2. The number of carbonyl (C=O) groups excluding carboxylic acids is 2. The number of amides is 2. The van der Waals surface area contributed by atoms with Crippen molar-refractivity contribution in [1.29, 1.82) is 0 Å². The van der Waals surface area contributed by atoms with Gasteiger partial charge in [0.25, 0.3) is 11.6 Å². The third-order valence-corrected chi connectivity index (χ3v) is 21.4. The Morgan fingerprint density at radius 1 is 0.518 bits per heavy atom. The van der Waals surface area contributed by atoms with E-state index in [1.807, 2.05) is 0 Å². The Balaban J connectivity index is 1.39. The van der Waals surface area contributed by atoms with Gasteiger partial charge in [-0.25, -0.2) is 9.59 Å². The Kier molecular flexibility index (Phi) is 44.3. The number of carboxylic acids is 2. The zero-order chi connectivity index (χ0) is 81.3. The molecule has 0 bridgehead atoms. The first-order chi connectivity index (χ1) is 52.5. The zero-order valence-electron chi connectivity index (χ0n) is 64.1. The highest BCUT2D eigenvalue weighted by atomic mass is 16.8. The molecule has 24 N–H and O–H groups in total. The van der Waals surface area contributed by atoms with E-state index in [1.54, 1.807) is 6.08 Å². The lowest BCUT2D eigenvalue weighted by atomic mass is 9.87. The van der Waals surface area contributed by atoms with E-state index in [1.165, 1.54) is 109 Å². The summed E-state index contributed by atoms with van der Waals surface area (Å²) in [5.41, 5.74) is 12.3. The maximum absolute atomic E-state index is 13.9. The Bertz CT molecular complexity index is 2620. The fourth-order valence-electron chi connectivity index (χ4n) is 14.7. The van der Waals surface area contributed by atoms with Crippen LogP contribution in [0.3, 0.4) is 0 Å². The van der Waals surface area contributed by atoms with Crippen molar-refractivity contribution in [1.82, 2.24) is 10.6 Å². The molecule has 36 nitrogen and oxygen atoms in total. The van der Waals surface area contributed by atoms with E-state index in [9.17, 15) is 111 Å². The van der Waals surface area contributed by atoms with Crippen LogP contribution in [0.1, 0.15) is 213 Å². The van der Waals surface area contributed by atoms with Crippen molar-refractivity contribution in [3.8, 4) is 0 Å². The van der Waals surface area contributed by atoms with E-state index in [0.717, 1.165) is 64.7 Å². The van der Waals surface area contributed by atoms with Crippen LogP contribution < -0.4 is 22.1 Å². The van der Waals surface area contributed by atoms with E-state index in [0.29, 0.717) is 12.8 Å². The molecule has 110 heavy (non-hydrogen) atoms. The van der Waals surface area contributed by atoms with Crippen LogP contribution in [-0.4, -0.2) is 332 Å². The highest BCUT2D eigenvalue weighted by molar-refractivity contribution is 5.77. The quantitative estimate of drug-likeness (QED) is 0.0230. The molecule has 2 amide bonds. The first kappa shape index (κ1) is 97.1. The fourth-order valence-corrected chi connectivity index (χ4v) is 14.7. The standard InChI is InChI=1S/C74H134N4O32/c1-4-6-8-10-12-14-16-18-19-21-23-25-27-29-31-33-52(89)78-43(44(85)32-30-28-26-24-22-20-17-15-13-11-9-7-5-2)41-101-69-61(95)60(94)63(50(39-82)103-69)105-70-62(96)67(64(51(40-83)104-70)106-68-55(77-42(3)84)59(93)57(91)48(37-80)102-68)110-74(72(99)100)35-46(87)54(76)66(109-74)58(92)49(38-81)107-73(71(97)98)34-45(86)53(75)65(108-73)56(90)47(88)36-79/h30,32,43-51,53-70,79-83,85-88,90-96H,4-29,31,33-41,75-76H2,1-3H3,(H,77,84)(H,78,89)(H,97,98)(H,99,100)/b32-30+/t43-,44+,45-,46-,47-,48-,49-,50-,51-,53+,54+,55-,56-,57+,58-,59-,60-,61-,62-,63-,64+,65+,66+,67-,68+,69-,70+,73-,74+/m1/s1. The minimum atomic E-state index is -3.48. The van der Waals surface area contributed by atoms with Crippen LogP contribution in [0.25, 0.3) is 0 Å². The number of aliphatic hydroxyl groups is 16. The molecule has 5 fully saturated rings. The van der Waals surface area contributed by atoms with Crippen LogP contribution in [0.5, 0.6) is 0 Å². The monoisotopic (exact) mass is 1590 g/mol. The predicted octanol–water partition coefficient (Wildman–Crippen LogP) is -2.05. The second-order valence-corrected chi connectivity index (χ2v) is 30.1. The molecule has 5 heterocycles. The number of aliphatic hydroxyl groups excluding tert-OH is 16. The van der Waals surface area contributed by atoms with Crippen LogP contribution in [0, 0.1) is 0 Å². The van der Waals surface area contributed by atoms with Crippen LogP contribution in [0.2, 0.25) is 0 Å². The number of carbonyl (C=O) groups is 4. The number of hydrogen-bond donors (Lipinski definition) is 22. The highest BCUT2D eigenvalue weighted by Gasteiger charge is 2.63. The van der Waals surface area contributed by atoms with Gasteiger partial charge in [0, 0.05) is 26.2 Å². The minimum Gasteiger partial charge on any atom is -0.477 e. The summed E-state index contributed by atoms with van der Waals surface area (Å²) < 4.78 is 59.4. The molecule has 5 aliphatic heterocycles. The summed E-state index contributed by atoms with van der Waals surface area (Å²) in [5, 5.41) is 205. The van der Waals surface area contributed by atoms with Gasteiger partial charge >= 0.3 is 11.9 Å². The Morgan fingerprint density at radius 3 is 1.46 bits per heavy atom. The molecule has 5 rings (SSSR count). The minimum absolute atomic E-state index is 0.127. The van der Waals surface area contributed by atoms with Gasteiger partial charge in [-0.1, -0.05) is 180 Å². The topological polar surface area (TPSA) is 601 Å². The summed E-state index contributed by atoms with van der Waals surface area (Å²) in [5.74, 6) is -12.3. The summed E-state index contributed by atoms with van der Waals surface area (Å²) in [6.07, 6.45) is -17.2. The third kappa shape index (κ3) is 28.7. The third-order valence-electron chi connectivity index (χ3n) is 21.4. The first-order valence-electron chi connectivity index (χ1n) is 39.9. The molecule has 5 saturated heterocycles. The molecule has 0 unspecified atom stereocenters. The number of hydrogen-bond acceptors (Lipinski definition) is 32. The molecule has 642 valence electrons. The summed E-state index contributed by atoms with van der Waals surface area (Å²) in [4.78, 5) is 53.2. The average molecular weight is 1590 g/mol. The normalized spacial score (nSPS) is 34.6. The van der Waals surface area contributed by atoms with E-state index in [-0.39, 0.29) is 6.42 Å². The van der Waals surface area contributed by atoms with Crippen molar-refractivity contribution >= 4 is 23.8 Å². The lowest BCUT2D eigenvalue weighted by Gasteiger charge is -2.52. The molecule has 0 aromatic rings. The molecular formula is C74H134N4O32. The number of unbranched alkanes of at least 4 members (excludes halogenated alkanes) is 25. The fraction of sp³-hybridized carbons (Fsp3) is 0.919. The maximum Gasteiger partial charge on any atom is 0.364 e. The van der Waals surface area contributed by atoms with Crippen molar-refractivity contribution in [2.45, 2.75) is 390 Å². The zero-order valence-corrected chi connectivity index (χ0v) is 64.1. The molecule has 0 radical (unpaired) electrons. The van der Waals surface area contributed by atoms with Crippen LogP contribution in [0.15, 0.2) is 12.2 Å². The van der Waals surface area contributed by atoms with Crippen LogP contribution in [-0.2, 0) is 66.5 Å². The van der Waals surface area contributed by atoms with Crippen molar-refractivity contribution in [2.24, 2.45) is 11.5 Å². The Labute approximate surface area is 644 Å². The number of allylic oxidation sites excluding steroid dienone is 1. The van der Waals surface area contributed by atoms with Gasteiger partial charge in [0.15, 0.2) is 18.9 Å². The molecule has 5 aliphatic rings. The number of nitrogens with two attached hydrogens (primary N) is 2. The predicted molar refractivity (Wildman–Crippen MR) is 388 cm³/mol. The molecule has 0 aromatic carbocycles. The number of rotatable bonds is 54. The van der Waals surface area contributed by atoms with Crippen molar-refractivity contribution in [2.75, 3.05) is 39.6 Å². The summed E-state index contributed by atoms with van der Waals surface area (Å²) in [6, 6.07) is -6.58. The maximum atomic E-state index is 13.9. The second-order valence-electron chi connectivity index (χ2n) is 30.1. The van der Waals surface area contributed by atoms with E-state index < -0.39 is 253 Å². The number of nitrogens with one attached hydrogen (secondary N) is 2. The largest absolute Gasteiger partial charge is 0.477 e. The summed E-state index contributed by atoms with van der Waals surface area (Å²) in [7, 11) is 0. The SMILES string of the molecule is CCCCCCCCCCCCC/C=C/[C@H](O)[C@@H](CO[C@@H]1O[C@H](CO)[C@@H](O[C@@H]2O[C@H](CO)[C@H](O[C@@H]3O[C@H](CO)[C@H](O)[C@H](O)[C@H]3NC(C)=O)[C@H](O[C@]3(C(=O)O)C[C@@H](O)[C@H](N)[C@@H]([C@H](O)[C@@H](CO)O[C@]4(C(=O)O)C[C@@H](O)[C@H](N)[C@@H]([C@H](O)[C@H](O)CO)O4)O3)[C@H]2O)[C@H](O)[C@H]1O)NC(=O)CCCCCCCCCCCCCCCCC. The van der Waals surface area contributed by atoms with E-state index in [2.05, 4.69) is 24.5 Å². The lowest BCUT2D eigenvalue weighted by Crippen LogP contribution is -2.72. The Hall–Kier alpha value is -3.50. The van der Waals surface area contributed by atoms with Gasteiger partial charge in [0.05, 0.1) is 76.1 Å². The van der Waals surface area contributed by atoms with Crippen molar-refractivity contribution in [3.63, 3.8) is 0 Å². The van der Waals surface area contributed by atoms with Gasteiger partial charge in [0.2, 0.25) is 11.8 Å². The molecular weight excluding hydrogens is 1460 g/mol. The number of ether oxygens (including phenoxy) is 10. The van der Waals surface area contributed by atoms with Gasteiger partial charge < -0.3 is 161 Å². The van der Waals surface area contributed by atoms with E-state index in [4.69, 9.17) is 58.8 Å². The first-order valence-corrected chi connectivity index (χ1v) is 39.9. The molecule has 0 aromatic heterocycles. The van der Waals surface area contributed by atoms with Crippen molar-refractivity contribution in [3.05, 3.63) is 12.2 Å². The summed E-state index contributed by atoms with van der Waals surface area (Å²) in [6.45, 7) is -1.02. The highest BCUT2D eigenvalue weighted by Crippen LogP contribution is 2.42. The molecule has 0 saturated carbocycles. The van der Waals surface area contributed by atoms with Gasteiger partial charge in [0.1, 0.15) is 110 Å². The lowest BCUT2D eigenvalue weighted by molar-refractivity contribution is -0.401. The molecule has 0 spiro atoms. The van der Waals surface area contributed by atoms with Crippen LogP contribution in [0.4, 0.5) is 0 Å². The van der Waals surface area contributed by atoms with Gasteiger partial charge in [-0.3, -0.25) is 9.59 Å².